The van der Waals surface area contributed by atoms with Gasteiger partial charge in [-0.05, 0) is 69.1 Å². The first-order chi connectivity index (χ1) is 28.8. The highest BCUT2D eigenvalue weighted by molar-refractivity contribution is 6.29. The summed E-state index contributed by atoms with van der Waals surface area (Å²) >= 11 is 0. The minimum Gasteiger partial charge on any atom is -0.309 e. The lowest BCUT2D eigenvalue weighted by molar-refractivity contribution is 0.955. The zero-order chi connectivity index (χ0) is 38.2. The molecule has 0 saturated carbocycles. The molecule has 0 bridgehead atoms. The predicted octanol–water partition coefficient (Wildman–Crippen LogP) is 13.4. The van der Waals surface area contributed by atoms with Gasteiger partial charge in [0.25, 0.3) is 0 Å². The lowest BCUT2D eigenvalue weighted by Gasteiger charge is -2.17. The molecule has 0 radical (unpaired) electrons. The number of rotatable bonds is 5. The van der Waals surface area contributed by atoms with Crippen molar-refractivity contribution >= 4 is 65.2 Å². The van der Waals surface area contributed by atoms with Crippen molar-refractivity contribution in [3.05, 3.63) is 200 Å². The first-order valence-corrected chi connectivity index (χ1v) is 19.6. The van der Waals surface area contributed by atoms with E-state index in [4.69, 9.17) is 15.0 Å². The molecule has 0 amide bonds. The van der Waals surface area contributed by atoms with Crippen LogP contribution in [0.15, 0.2) is 200 Å². The molecule has 3 aromatic heterocycles. The summed E-state index contributed by atoms with van der Waals surface area (Å²) < 4.78 is 4.61. The van der Waals surface area contributed by atoms with Crippen molar-refractivity contribution in [2.45, 2.75) is 0 Å². The lowest BCUT2D eigenvalue weighted by Crippen LogP contribution is -2.07. The van der Waals surface area contributed by atoms with Crippen molar-refractivity contribution in [1.29, 1.82) is 0 Å². The van der Waals surface area contributed by atoms with Crippen LogP contribution in [0.4, 0.5) is 0 Å². The number of para-hydroxylation sites is 3. The van der Waals surface area contributed by atoms with E-state index in [2.05, 4.69) is 191 Å². The fraction of sp³-hybridized carbons (Fsp3) is 0. The smallest absolute Gasteiger partial charge is 0.238 e. The Hall–Kier alpha value is -7.89. The molecule has 0 unspecified atom stereocenters. The van der Waals surface area contributed by atoms with Crippen molar-refractivity contribution in [2.75, 3.05) is 0 Å². The number of benzene rings is 9. The Labute approximate surface area is 333 Å². The van der Waals surface area contributed by atoms with E-state index >= 15 is 0 Å². The topological polar surface area (TPSA) is 48.5 Å². The molecule has 5 heteroatoms. The molecule has 0 aliphatic rings. The van der Waals surface area contributed by atoms with E-state index in [1.807, 2.05) is 18.2 Å². The summed E-state index contributed by atoms with van der Waals surface area (Å²) in [5.41, 5.74) is 9.81. The minimum atomic E-state index is 0.571. The molecule has 3 heterocycles. The second kappa shape index (κ2) is 12.8. The van der Waals surface area contributed by atoms with Gasteiger partial charge in [0.15, 0.2) is 11.6 Å². The molecular formula is C53H33N5. The number of nitrogens with zero attached hydrogens (tertiary/aromatic N) is 5. The Morgan fingerprint density at radius 3 is 1.26 bits per heavy atom. The minimum absolute atomic E-state index is 0.571. The Bertz CT molecular complexity index is 3490. The molecular weight excluding hydrogens is 707 g/mol. The second-order valence-corrected chi connectivity index (χ2v) is 14.8. The van der Waals surface area contributed by atoms with Crippen molar-refractivity contribution in [1.82, 2.24) is 24.1 Å². The third-order valence-corrected chi connectivity index (χ3v) is 11.6. The molecule has 270 valence electrons. The Balaban J connectivity index is 1.20. The van der Waals surface area contributed by atoms with Crippen LogP contribution in [0.3, 0.4) is 0 Å². The van der Waals surface area contributed by atoms with Crippen molar-refractivity contribution < 1.29 is 0 Å². The van der Waals surface area contributed by atoms with Gasteiger partial charge in [0.1, 0.15) is 0 Å². The van der Waals surface area contributed by atoms with Crippen LogP contribution in [0.5, 0.6) is 0 Å². The van der Waals surface area contributed by atoms with Crippen LogP contribution < -0.4 is 0 Å². The first kappa shape index (κ1) is 32.4. The van der Waals surface area contributed by atoms with Gasteiger partial charge in [-0.2, -0.15) is 9.97 Å². The van der Waals surface area contributed by atoms with E-state index in [1.54, 1.807) is 0 Å². The third-order valence-electron chi connectivity index (χ3n) is 11.6. The quantitative estimate of drug-likeness (QED) is 0.165. The normalized spacial score (nSPS) is 11.8. The van der Waals surface area contributed by atoms with E-state index in [9.17, 15) is 0 Å². The highest BCUT2D eigenvalue weighted by Crippen LogP contribution is 2.45. The number of fused-ring (bicyclic) bond motifs is 9. The van der Waals surface area contributed by atoms with E-state index < -0.39 is 0 Å². The number of aromatic nitrogens is 5. The molecule has 0 N–H and O–H groups in total. The summed E-state index contributed by atoms with van der Waals surface area (Å²) in [6.45, 7) is 0. The Kier molecular flexibility index (Phi) is 7.16. The van der Waals surface area contributed by atoms with Gasteiger partial charge in [-0.25, -0.2) is 4.98 Å². The fourth-order valence-electron chi connectivity index (χ4n) is 9.17. The Morgan fingerprint density at radius 2 is 0.690 bits per heavy atom. The van der Waals surface area contributed by atoms with Gasteiger partial charge in [-0.15, -0.1) is 0 Å². The molecule has 12 aromatic rings. The second-order valence-electron chi connectivity index (χ2n) is 14.8. The summed E-state index contributed by atoms with van der Waals surface area (Å²) in [6.07, 6.45) is 0. The van der Waals surface area contributed by atoms with Gasteiger partial charge in [0.05, 0.1) is 22.1 Å². The van der Waals surface area contributed by atoms with Gasteiger partial charge < -0.3 is 4.57 Å². The number of hydrogen-bond acceptors (Lipinski definition) is 3. The zero-order valence-electron chi connectivity index (χ0n) is 31.3. The average molecular weight is 740 g/mol. The highest BCUT2D eigenvalue weighted by Gasteiger charge is 2.24. The summed E-state index contributed by atoms with van der Waals surface area (Å²) in [6, 6.07) is 70.7. The molecule has 5 nitrogen and oxygen atoms in total. The molecule has 0 saturated heterocycles. The van der Waals surface area contributed by atoms with E-state index in [1.165, 1.54) is 32.8 Å². The van der Waals surface area contributed by atoms with Gasteiger partial charge in [0, 0.05) is 38.4 Å². The third kappa shape index (κ3) is 4.80. The van der Waals surface area contributed by atoms with Crippen LogP contribution in [0.2, 0.25) is 0 Å². The molecule has 0 aliphatic carbocycles. The molecule has 0 aliphatic heterocycles. The maximum Gasteiger partial charge on any atom is 0.238 e. The standard InChI is InChI=1S/C53H33N5/c1-4-18-34(19-5-1)47-37-24-10-12-26-39(37)48(40-27-13-11-25-38(40)47)52-54-51(35-20-6-2-7-21-35)55-53(56-52)58-44-31-17-15-29-42(44)50-46(58)33-32-45-49(50)41-28-14-16-30-43(41)57(45)36-22-8-3-9-23-36/h1-33H. The van der Waals surface area contributed by atoms with E-state index in [-0.39, 0.29) is 0 Å². The highest BCUT2D eigenvalue weighted by atomic mass is 15.2. The lowest BCUT2D eigenvalue weighted by atomic mass is 9.88. The van der Waals surface area contributed by atoms with Crippen molar-refractivity contribution in [3.63, 3.8) is 0 Å². The average Bonchev–Trinajstić information content (AvgIpc) is 3.82. The van der Waals surface area contributed by atoms with E-state index in [0.717, 1.165) is 60.3 Å². The molecule has 12 rings (SSSR count). The van der Waals surface area contributed by atoms with Crippen LogP contribution in [-0.2, 0) is 0 Å². The zero-order valence-corrected chi connectivity index (χ0v) is 31.3. The fourth-order valence-corrected chi connectivity index (χ4v) is 9.17. The molecule has 0 spiro atoms. The molecule has 0 atom stereocenters. The maximum absolute atomic E-state index is 5.51. The van der Waals surface area contributed by atoms with Crippen LogP contribution in [0, 0.1) is 0 Å². The Morgan fingerprint density at radius 1 is 0.276 bits per heavy atom. The predicted molar refractivity (Wildman–Crippen MR) is 240 cm³/mol. The van der Waals surface area contributed by atoms with Gasteiger partial charge >= 0.3 is 0 Å². The van der Waals surface area contributed by atoms with Crippen molar-refractivity contribution in [3.8, 4) is 45.5 Å². The van der Waals surface area contributed by atoms with Gasteiger partial charge in [-0.1, -0.05) is 164 Å². The SMILES string of the molecule is c1ccc(-c2nc(-c3c4ccccc4c(-c4ccccc4)c4ccccc34)nc(-n3c4ccccc4c4c5c6ccccc6n(-c6ccccc6)c5ccc43)n2)cc1. The summed E-state index contributed by atoms with van der Waals surface area (Å²) in [5, 5.41) is 9.21. The maximum atomic E-state index is 5.51. The molecule has 0 fully saturated rings. The van der Waals surface area contributed by atoms with Crippen LogP contribution >= 0.6 is 0 Å². The van der Waals surface area contributed by atoms with Crippen molar-refractivity contribution in [2.24, 2.45) is 0 Å². The van der Waals surface area contributed by atoms with Gasteiger partial charge in [-0.3, -0.25) is 4.57 Å². The summed E-state index contributed by atoms with van der Waals surface area (Å²) in [5.74, 6) is 1.82. The van der Waals surface area contributed by atoms with E-state index in [0.29, 0.717) is 17.6 Å². The summed E-state index contributed by atoms with van der Waals surface area (Å²) in [7, 11) is 0. The first-order valence-electron chi connectivity index (χ1n) is 19.6. The van der Waals surface area contributed by atoms with Crippen LogP contribution in [0.1, 0.15) is 0 Å². The molecule has 9 aromatic carbocycles. The molecule has 58 heavy (non-hydrogen) atoms. The number of hydrogen-bond donors (Lipinski definition) is 0. The monoisotopic (exact) mass is 739 g/mol. The van der Waals surface area contributed by atoms with Gasteiger partial charge in [0.2, 0.25) is 5.95 Å². The van der Waals surface area contributed by atoms with Crippen LogP contribution in [-0.4, -0.2) is 24.1 Å². The van der Waals surface area contributed by atoms with Crippen LogP contribution in [0.25, 0.3) is 111 Å². The summed E-state index contributed by atoms with van der Waals surface area (Å²) in [4.78, 5) is 16.2. The largest absolute Gasteiger partial charge is 0.309 e.